The van der Waals surface area contributed by atoms with E-state index >= 15 is 0 Å². The van der Waals surface area contributed by atoms with Crippen molar-refractivity contribution in [3.63, 3.8) is 0 Å². The van der Waals surface area contributed by atoms with Gasteiger partial charge in [-0.15, -0.1) is 0 Å². The maximum Gasteiger partial charge on any atom is 0.335 e. The third kappa shape index (κ3) is 4.05. The second-order valence-electron chi connectivity index (χ2n) is 5.88. The summed E-state index contributed by atoms with van der Waals surface area (Å²) < 4.78 is 5.08. The van der Waals surface area contributed by atoms with Crippen molar-refractivity contribution in [2.45, 2.75) is 0 Å². The van der Waals surface area contributed by atoms with Gasteiger partial charge in [0, 0.05) is 12.3 Å². The van der Waals surface area contributed by atoms with Crippen LogP contribution in [-0.2, 0) is 9.59 Å². The number of nitrogens with zero attached hydrogens (tertiary/aromatic N) is 2. The van der Waals surface area contributed by atoms with Crippen molar-refractivity contribution < 1.29 is 29.0 Å². The average molecular weight is 396 g/mol. The normalized spacial score (nSPS) is 16.7. The molecule has 1 atom stereocenters. The number of imide groups is 2. The molecule has 1 heterocycles. The molecule has 1 saturated heterocycles. The first-order valence-electron chi connectivity index (χ1n) is 8.36. The van der Waals surface area contributed by atoms with Gasteiger partial charge in [0.1, 0.15) is 11.5 Å². The number of para-hydroxylation sites is 1. The minimum atomic E-state index is -1.44. The summed E-state index contributed by atoms with van der Waals surface area (Å²) in [5.74, 6) is -3.72. The molecule has 1 aliphatic rings. The molecule has 3 rings (SSSR count). The summed E-state index contributed by atoms with van der Waals surface area (Å²) in [7, 11) is 1.43. The zero-order valence-electron chi connectivity index (χ0n) is 15.2. The number of carbonyl (C=O) groups excluding carboxylic acids is 4. The maximum atomic E-state index is 12.7. The van der Waals surface area contributed by atoms with E-state index in [4.69, 9.17) is 4.74 Å². The molecule has 0 spiro atoms. The van der Waals surface area contributed by atoms with E-state index in [1.165, 1.54) is 31.4 Å². The number of rotatable bonds is 5. The summed E-state index contributed by atoms with van der Waals surface area (Å²) in [5, 5.41) is 15.3. The van der Waals surface area contributed by atoms with Crippen molar-refractivity contribution in [1.29, 1.82) is 0 Å². The van der Waals surface area contributed by atoms with Crippen LogP contribution in [0.1, 0.15) is 10.4 Å². The minimum Gasteiger partial charge on any atom is -0.507 e. The van der Waals surface area contributed by atoms with Crippen molar-refractivity contribution in [3.8, 4) is 11.5 Å². The first kappa shape index (κ1) is 19.5. The molecule has 3 N–H and O–H groups in total. The molecule has 0 saturated carbocycles. The SMILES string of the molecule is COc1cccc(N2C(=O)NC(=O)[C@@H](/C=N\NC(=O)c3ccccc3O)C2=O)c1. The molecule has 29 heavy (non-hydrogen) atoms. The third-order valence-electron chi connectivity index (χ3n) is 4.05. The van der Waals surface area contributed by atoms with Crippen LogP contribution in [0.2, 0.25) is 0 Å². The lowest BCUT2D eigenvalue weighted by Crippen LogP contribution is -2.58. The van der Waals surface area contributed by atoms with Crippen molar-refractivity contribution >= 4 is 35.7 Å². The number of hydrogen-bond donors (Lipinski definition) is 3. The predicted molar refractivity (Wildman–Crippen MR) is 102 cm³/mol. The van der Waals surface area contributed by atoms with Gasteiger partial charge in [-0.3, -0.25) is 19.7 Å². The monoisotopic (exact) mass is 396 g/mol. The molecular weight excluding hydrogens is 380 g/mol. The van der Waals surface area contributed by atoms with Crippen LogP contribution in [0.3, 0.4) is 0 Å². The van der Waals surface area contributed by atoms with Crippen molar-refractivity contribution in [1.82, 2.24) is 10.7 Å². The van der Waals surface area contributed by atoms with E-state index in [1.807, 2.05) is 0 Å². The molecule has 10 nitrogen and oxygen atoms in total. The number of hydrogen-bond acceptors (Lipinski definition) is 7. The van der Waals surface area contributed by atoms with Gasteiger partial charge in [0.25, 0.3) is 11.8 Å². The number of ether oxygens (including phenoxy) is 1. The molecule has 148 valence electrons. The maximum absolute atomic E-state index is 12.7. The highest BCUT2D eigenvalue weighted by Gasteiger charge is 2.40. The number of phenolic OH excluding ortho intramolecular Hbond substituents is 1. The van der Waals surface area contributed by atoms with E-state index in [2.05, 4.69) is 15.8 Å². The Kier molecular flexibility index (Phi) is 5.54. The number of carbonyl (C=O) groups is 4. The van der Waals surface area contributed by atoms with E-state index < -0.39 is 29.7 Å². The molecule has 1 aliphatic heterocycles. The van der Waals surface area contributed by atoms with Crippen LogP contribution >= 0.6 is 0 Å². The van der Waals surface area contributed by atoms with Crippen LogP contribution < -0.4 is 20.4 Å². The van der Waals surface area contributed by atoms with Gasteiger partial charge in [-0.1, -0.05) is 18.2 Å². The highest BCUT2D eigenvalue weighted by molar-refractivity contribution is 6.32. The van der Waals surface area contributed by atoms with Crippen LogP contribution in [0.4, 0.5) is 10.5 Å². The van der Waals surface area contributed by atoms with Crippen LogP contribution in [0.15, 0.2) is 53.6 Å². The topological polar surface area (TPSA) is 137 Å². The number of aromatic hydroxyl groups is 1. The van der Waals surface area contributed by atoms with Crippen LogP contribution in [0, 0.1) is 5.92 Å². The van der Waals surface area contributed by atoms with Gasteiger partial charge in [0.15, 0.2) is 5.92 Å². The van der Waals surface area contributed by atoms with Crippen LogP contribution in [-0.4, -0.2) is 42.2 Å². The van der Waals surface area contributed by atoms with E-state index in [0.29, 0.717) is 5.75 Å². The zero-order chi connectivity index (χ0) is 21.0. The predicted octanol–water partition coefficient (Wildman–Crippen LogP) is 1.02. The highest BCUT2D eigenvalue weighted by Crippen LogP contribution is 2.24. The van der Waals surface area contributed by atoms with Gasteiger partial charge >= 0.3 is 6.03 Å². The third-order valence-corrected chi connectivity index (χ3v) is 4.05. The lowest BCUT2D eigenvalue weighted by molar-refractivity contribution is -0.131. The Morgan fingerprint density at radius 3 is 2.69 bits per heavy atom. The fourth-order valence-electron chi connectivity index (χ4n) is 2.61. The Morgan fingerprint density at radius 1 is 1.21 bits per heavy atom. The minimum absolute atomic E-state index is 0.0303. The first-order valence-corrected chi connectivity index (χ1v) is 8.36. The van der Waals surface area contributed by atoms with Crippen LogP contribution in [0.5, 0.6) is 11.5 Å². The van der Waals surface area contributed by atoms with Gasteiger partial charge in [-0.25, -0.2) is 15.1 Å². The Morgan fingerprint density at radius 2 is 1.97 bits per heavy atom. The number of amides is 5. The molecule has 0 aliphatic carbocycles. The standard InChI is InChI=1S/C19H16N4O6/c1-29-12-6-4-5-11(9-12)23-18(27)14(16(25)21-19(23)28)10-20-22-17(26)13-7-2-3-8-15(13)24/h2-10,14,24H,1H3,(H,22,26)(H,21,25,28)/b20-10-/t14-/m1/s1. The lowest BCUT2D eigenvalue weighted by atomic mass is 10.1. The molecule has 2 aromatic carbocycles. The van der Waals surface area contributed by atoms with E-state index in [0.717, 1.165) is 11.1 Å². The van der Waals surface area contributed by atoms with Crippen molar-refractivity contribution in [2.24, 2.45) is 11.0 Å². The van der Waals surface area contributed by atoms with Crippen LogP contribution in [0.25, 0.3) is 0 Å². The summed E-state index contributed by atoms with van der Waals surface area (Å²) in [4.78, 5) is 49.7. The molecule has 5 amide bonds. The summed E-state index contributed by atoms with van der Waals surface area (Å²) in [6.45, 7) is 0. The molecule has 2 aromatic rings. The Labute approximate surface area is 164 Å². The summed E-state index contributed by atoms with van der Waals surface area (Å²) >= 11 is 0. The fraction of sp³-hybridized carbons (Fsp3) is 0.105. The quantitative estimate of drug-likeness (QED) is 0.392. The number of anilines is 1. The Bertz CT molecular complexity index is 1020. The molecule has 0 radical (unpaired) electrons. The Balaban J connectivity index is 1.78. The van der Waals surface area contributed by atoms with Gasteiger partial charge in [0.2, 0.25) is 5.91 Å². The number of barbiturate groups is 1. The molecule has 0 bridgehead atoms. The number of methoxy groups -OCH3 is 1. The van der Waals surface area contributed by atoms with Gasteiger partial charge in [-0.2, -0.15) is 5.10 Å². The molecular formula is C19H16N4O6. The molecule has 0 aromatic heterocycles. The van der Waals surface area contributed by atoms with E-state index in [-0.39, 0.29) is 17.0 Å². The second kappa shape index (κ2) is 8.21. The Hall–Kier alpha value is -4.21. The average Bonchev–Trinajstić information content (AvgIpc) is 2.70. The lowest BCUT2D eigenvalue weighted by Gasteiger charge is -2.28. The number of urea groups is 1. The summed E-state index contributed by atoms with van der Waals surface area (Å²) in [5.41, 5.74) is 2.30. The fourth-order valence-corrected chi connectivity index (χ4v) is 2.61. The summed E-state index contributed by atoms with van der Waals surface area (Å²) in [6.07, 6.45) is 0.912. The second-order valence-corrected chi connectivity index (χ2v) is 5.88. The largest absolute Gasteiger partial charge is 0.507 e. The van der Waals surface area contributed by atoms with Gasteiger partial charge in [-0.05, 0) is 24.3 Å². The molecule has 1 fully saturated rings. The number of benzene rings is 2. The number of phenols is 1. The zero-order valence-corrected chi connectivity index (χ0v) is 15.2. The number of nitrogens with one attached hydrogen (secondary N) is 2. The summed E-state index contributed by atoms with van der Waals surface area (Å²) in [6, 6.07) is 11.1. The number of hydrazone groups is 1. The van der Waals surface area contributed by atoms with Crippen molar-refractivity contribution in [3.05, 3.63) is 54.1 Å². The smallest absolute Gasteiger partial charge is 0.335 e. The van der Waals surface area contributed by atoms with Crippen molar-refractivity contribution in [2.75, 3.05) is 12.0 Å². The van der Waals surface area contributed by atoms with Gasteiger partial charge < -0.3 is 9.84 Å². The van der Waals surface area contributed by atoms with E-state index in [1.54, 1.807) is 24.3 Å². The first-order chi connectivity index (χ1) is 13.9. The van der Waals surface area contributed by atoms with Gasteiger partial charge in [0.05, 0.1) is 18.4 Å². The molecule has 0 unspecified atom stereocenters. The highest BCUT2D eigenvalue weighted by atomic mass is 16.5. The van der Waals surface area contributed by atoms with E-state index in [9.17, 15) is 24.3 Å². The molecule has 10 heteroatoms.